The van der Waals surface area contributed by atoms with Crippen LogP contribution in [0, 0.1) is 19.8 Å². The minimum absolute atomic E-state index is 0.109. The van der Waals surface area contributed by atoms with Gasteiger partial charge in [0.2, 0.25) is 0 Å². The Labute approximate surface area is 93.7 Å². The molecule has 1 unspecified atom stereocenters. The highest BCUT2D eigenvalue weighted by molar-refractivity contribution is 5.30. The van der Waals surface area contributed by atoms with E-state index in [1.807, 2.05) is 0 Å². The first-order valence-corrected chi connectivity index (χ1v) is 5.68. The van der Waals surface area contributed by atoms with Gasteiger partial charge in [-0.15, -0.1) is 0 Å². The molecule has 1 aromatic rings. The molecule has 1 nitrogen and oxygen atoms in total. The van der Waals surface area contributed by atoms with Crippen molar-refractivity contribution in [3.8, 4) is 0 Å². The standard InChI is InChI=1S/C14H23N/c1-10(2)14(5,15)9-13-7-6-11(3)12(4)8-13/h6-8,10H,9,15H2,1-5H3. The summed E-state index contributed by atoms with van der Waals surface area (Å²) in [6.45, 7) is 10.8. The molecule has 0 heterocycles. The first-order chi connectivity index (χ1) is 6.83. The third-order valence-corrected chi connectivity index (χ3v) is 3.48. The van der Waals surface area contributed by atoms with Gasteiger partial charge in [-0.05, 0) is 49.8 Å². The second kappa shape index (κ2) is 4.36. The first-order valence-electron chi connectivity index (χ1n) is 5.68. The molecule has 0 amide bonds. The second-order valence-electron chi connectivity index (χ2n) is 5.26. The summed E-state index contributed by atoms with van der Waals surface area (Å²) in [5, 5.41) is 0. The molecular formula is C14H23N. The molecule has 0 saturated carbocycles. The van der Waals surface area contributed by atoms with Crippen LogP contribution in [0.2, 0.25) is 0 Å². The van der Waals surface area contributed by atoms with Crippen molar-refractivity contribution < 1.29 is 0 Å². The maximum Gasteiger partial charge on any atom is 0.0189 e. The van der Waals surface area contributed by atoms with Crippen molar-refractivity contribution in [3.63, 3.8) is 0 Å². The summed E-state index contributed by atoms with van der Waals surface area (Å²) >= 11 is 0. The van der Waals surface area contributed by atoms with Crippen LogP contribution >= 0.6 is 0 Å². The molecule has 0 radical (unpaired) electrons. The van der Waals surface area contributed by atoms with Crippen molar-refractivity contribution in [3.05, 3.63) is 34.9 Å². The molecule has 15 heavy (non-hydrogen) atoms. The molecule has 84 valence electrons. The lowest BCUT2D eigenvalue weighted by Crippen LogP contribution is -2.43. The van der Waals surface area contributed by atoms with Crippen molar-refractivity contribution in [2.24, 2.45) is 11.7 Å². The summed E-state index contributed by atoms with van der Waals surface area (Å²) < 4.78 is 0. The normalized spacial score (nSPS) is 15.4. The van der Waals surface area contributed by atoms with Gasteiger partial charge in [0.05, 0.1) is 0 Å². The van der Waals surface area contributed by atoms with Gasteiger partial charge in [0.1, 0.15) is 0 Å². The molecular weight excluding hydrogens is 182 g/mol. The van der Waals surface area contributed by atoms with Crippen LogP contribution in [0.1, 0.15) is 37.5 Å². The largest absolute Gasteiger partial charge is 0.325 e. The molecule has 1 atom stereocenters. The summed E-state index contributed by atoms with van der Waals surface area (Å²) in [7, 11) is 0. The lowest BCUT2D eigenvalue weighted by molar-refractivity contribution is 0.338. The van der Waals surface area contributed by atoms with E-state index in [1.165, 1.54) is 16.7 Å². The quantitative estimate of drug-likeness (QED) is 0.805. The average molecular weight is 205 g/mol. The van der Waals surface area contributed by atoms with E-state index in [0.717, 1.165) is 6.42 Å². The van der Waals surface area contributed by atoms with E-state index in [-0.39, 0.29) is 5.54 Å². The third-order valence-electron chi connectivity index (χ3n) is 3.48. The Bertz CT molecular complexity index is 337. The van der Waals surface area contributed by atoms with Gasteiger partial charge >= 0.3 is 0 Å². The predicted octanol–water partition coefficient (Wildman–Crippen LogP) is 3.22. The summed E-state index contributed by atoms with van der Waals surface area (Å²) in [5.74, 6) is 0.499. The maximum atomic E-state index is 6.28. The molecule has 0 aromatic heterocycles. The lowest BCUT2D eigenvalue weighted by Gasteiger charge is -2.29. The minimum atomic E-state index is -0.109. The van der Waals surface area contributed by atoms with Crippen molar-refractivity contribution in [1.29, 1.82) is 0 Å². The number of nitrogens with two attached hydrogens (primary N) is 1. The van der Waals surface area contributed by atoms with Crippen molar-refractivity contribution >= 4 is 0 Å². The Morgan fingerprint density at radius 1 is 1.20 bits per heavy atom. The van der Waals surface area contributed by atoms with E-state index in [1.54, 1.807) is 0 Å². The van der Waals surface area contributed by atoms with E-state index in [4.69, 9.17) is 5.73 Å². The Morgan fingerprint density at radius 2 is 1.80 bits per heavy atom. The molecule has 0 saturated heterocycles. The van der Waals surface area contributed by atoms with Gasteiger partial charge in [-0.3, -0.25) is 0 Å². The fraction of sp³-hybridized carbons (Fsp3) is 0.571. The molecule has 0 spiro atoms. The van der Waals surface area contributed by atoms with Crippen LogP contribution in [0.5, 0.6) is 0 Å². The topological polar surface area (TPSA) is 26.0 Å². The number of benzene rings is 1. The monoisotopic (exact) mass is 205 g/mol. The average Bonchev–Trinajstić information content (AvgIpc) is 2.10. The fourth-order valence-electron chi connectivity index (χ4n) is 1.56. The van der Waals surface area contributed by atoms with Crippen LogP contribution in [-0.4, -0.2) is 5.54 Å². The van der Waals surface area contributed by atoms with E-state index in [9.17, 15) is 0 Å². The zero-order valence-electron chi connectivity index (χ0n) is 10.6. The Hall–Kier alpha value is -0.820. The van der Waals surface area contributed by atoms with E-state index < -0.39 is 0 Å². The van der Waals surface area contributed by atoms with Crippen LogP contribution in [0.25, 0.3) is 0 Å². The van der Waals surface area contributed by atoms with Crippen molar-refractivity contribution in [2.45, 2.75) is 46.6 Å². The smallest absolute Gasteiger partial charge is 0.0189 e. The third kappa shape index (κ3) is 3.07. The van der Waals surface area contributed by atoms with Gasteiger partial charge in [0, 0.05) is 5.54 Å². The molecule has 0 aliphatic heterocycles. The summed E-state index contributed by atoms with van der Waals surface area (Å²) in [6.07, 6.45) is 0.950. The highest BCUT2D eigenvalue weighted by Gasteiger charge is 2.23. The Kier molecular flexibility index (Phi) is 3.56. The molecule has 0 bridgehead atoms. The van der Waals surface area contributed by atoms with E-state index >= 15 is 0 Å². The van der Waals surface area contributed by atoms with Crippen LogP contribution < -0.4 is 5.73 Å². The number of hydrogen-bond acceptors (Lipinski definition) is 1. The van der Waals surface area contributed by atoms with Gasteiger partial charge in [-0.1, -0.05) is 32.0 Å². The predicted molar refractivity (Wildman–Crippen MR) is 67.1 cm³/mol. The van der Waals surface area contributed by atoms with E-state index in [2.05, 4.69) is 52.8 Å². The number of hydrogen-bond donors (Lipinski definition) is 1. The highest BCUT2D eigenvalue weighted by Crippen LogP contribution is 2.20. The van der Waals surface area contributed by atoms with Gasteiger partial charge in [0.15, 0.2) is 0 Å². The summed E-state index contributed by atoms with van der Waals surface area (Å²) in [5.41, 5.74) is 10.2. The van der Waals surface area contributed by atoms with Gasteiger partial charge in [0.25, 0.3) is 0 Å². The molecule has 0 fully saturated rings. The van der Waals surface area contributed by atoms with Gasteiger partial charge in [-0.25, -0.2) is 0 Å². The zero-order chi connectivity index (χ0) is 11.6. The maximum absolute atomic E-state index is 6.28. The summed E-state index contributed by atoms with van der Waals surface area (Å²) in [4.78, 5) is 0. The molecule has 2 N–H and O–H groups in total. The molecule has 1 heteroatoms. The fourth-order valence-corrected chi connectivity index (χ4v) is 1.56. The Morgan fingerprint density at radius 3 is 2.27 bits per heavy atom. The van der Waals surface area contributed by atoms with E-state index in [0.29, 0.717) is 5.92 Å². The SMILES string of the molecule is Cc1ccc(CC(C)(N)C(C)C)cc1C. The minimum Gasteiger partial charge on any atom is -0.325 e. The van der Waals surface area contributed by atoms with Gasteiger partial charge in [-0.2, -0.15) is 0 Å². The van der Waals surface area contributed by atoms with Gasteiger partial charge < -0.3 is 5.73 Å². The number of rotatable bonds is 3. The molecule has 1 aromatic carbocycles. The van der Waals surface area contributed by atoms with Crippen LogP contribution in [0.3, 0.4) is 0 Å². The van der Waals surface area contributed by atoms with Crippen molar-refractivity contribution in [1.82, 2.24) is 0 Å². The lowest BCUT2D eigenvalue weighted by atomic mass is 9.83. The Balaban J connectivity index is 2.86. The van der Waals surface area contributed by atoms with Crippen molar-refractivity contribution in [2.75, 3.05) is 0 Å². The van der Waals surface area contributed by atoms with Crippen LogP contribution in [0.4, 0.5) is 0 Å². The molecule has 0 aliphatic carbocycles. The zero-order valence-corrected chi connectivity index (χ0v) is 10.6. The highest BCUT2D eigenvalue weighted by atomic mass is 14.7. The molecule has 0 aliphatic rings. The second-order valence-corrected chi connectivity index (χ2v) is 5.26. The molecule has 1 rings (SSSR count). The number of aryl methyl sites for hydroxylation is 2. The van der Waals surface area contributed by atoms with Crippen LogP contribution in [-0.2, 0) is 6.42 Å². The summed E-state index contributed by atoms with van der Waals surface area (Å²) in [6, 6.07) is 6.62. The van der Waals surface area contributed by atoms with Crippen LogP contribution in [0.15, 0.2) is 18.2 Å². The first kappa shape index (κ1) is 12.3.